The maximum atomic E-state index is 12.7. The number of aryl methyl sites for hydroxylation is 2. The number of para-hydroxylation sites is 1. The maximum absolute atomic E-state index is 12.7. The zero-order chi connectivity index (χ0) is 19.0. The van der Waals surface area contributed by atoms with Crippen LogP contribution in [0.2, 0.25) is 5.02 Å². The van der Waals surface area contributed by atoms with Crippen molar-refractivity contribution in [1.29, 1.82) is 0 Å². The van der Waals surface area contributed by atoms with Gasteiger partial charge in [0.15, 0.2) is 0 Å². The number of hydrogen-bond acceptors (Lipinski definition) is 4. The molecular weight excluding hydrogens is 378 g/mol. The third-order valence-electron chi connectivity index (χ3n) is 5.00. The lowest BCUT2D eigenvalue weighted by Crippen LogP contribution is -2.33. The molecule has 27 heavy (non-hydrogen) atoms. The second-order valence-electron chi connectivity index (χ2n) is 7.14. The van der Waals surface area contributed by atoms with Crippen molar-refractivity contribution in [2.45, 2.75) is 32.7 Å². The number of nitrogens with one attached hydrogen (secondary N) is 1. The van der Waals surface area contributed by atoms with E-state index in [2.05, 4.69) is 16.3 Å². The molecule has 1 aromatic heterocycles. The number of nitrogens with zero attached hydrogens (tertiary/aromatic N) is 2. The maximum Gasteiger partial charge on any atom is 0.238 e. The van der Waals surface area contributed by atoms with Gasteiger partial charge in [-0.1, -0.05) is 29.8 Å². The van der Waals surface area contributed by atoms with Gasteiger partial charge in [0.25, 0.3) is 0 Å². The molecule has 3 aromatic rings. The van der Waals surface area contributed by atoms with Crippen molar-refractivity contribution in [2.75, 3.05) is 18.4 Å². The highest BCUT2D eigenvalue weighted by Crippen LogP contribution is 2.36. The lowest BCUT2D eigenvalue weighted by Gasteiger charge is -2.22. The first-order valence-corrected chi connectivity index (χ1v) is 10.4. The van der Waals surface area contributed by atoms with E-state index in [4.69, 9.17) is 16.6 Å². The minimum atomic E-state index is -0.0307. The van der Waals surface area contributed by atoms with E-state index in [0.717, 1.165) is 41.0 Å². The zero-order valence-electron chi connectivity index (χ0n) is 15.5. The van der Waals surface area contributed by atoms with E-state index < -0.39 is 0 Å². The number of hydrogen-bond donors (Lipinski definition) is 1. The highest BCUT2D eigenvalue weighted by molar-refractivity contribution is 7.18. The summed E-state index contributed by atoms with van der Waals surface area (Å²) in [5.74, 6) is -0.0307. The lowest BCUT2D eigenvalue weighted by molar-refractivity contribution is -0.117. The van der Waals surface area contributed by atoms with Crippen LogP contribution in [-0.4, -0.2) is 28.9 Å². The molecule has 0 aliphatic carbocycles. The molecule has 1 fully saturated rings. The number of benzene rings is 2. The Morgan fingerprint density at radius 1 is 1.33 bits per heavy atom. The number of amides is 1. The quantitative estimate of drug-likeness (QED) is 0.643. The molecule has 1 amide bonds. The summed E-state index contributed by atoms with van der Waals surface area (Å²) in [7, 11) is 0. The number of anilines is 1. The fourth-order valence-corrected chi connectivity index (χ4v) is 5.27. The first-order valence-electron chi connectivity index (χ1n) is 9.17. The molecule has 0 radical (unpaired) electrons. The van der Waals surface area contributed by atoms with E-state index in [9.17, 15) is 4.79 Å². The van der Waals surface area contributed by atoms with Crippen LogP contribution in [0.4, 0.5) is 5.69 Å². The number of fused-ring (bicyclic) bond motifs is 1. The fourth-order valence-electron chi connectivity index (χ4n) is 3.77. The summed E-state index contributed by atoms with van der Waals surface area (Å²) in [4.78, 5) is 19.7. The van der Waals surface area contributed by atoms with Gasteiger partial charge >= 0.3 is 0 Å². The van der Waals surface area contributed by atoms with Crippen LogP contribution in [0.15, 0.2) is 36.4 Å². The average Bonchev–Trinajstić information content (AvgIpc) is 3.24. The number of rotatable bonds is 4. The van der Waals surface area contributed by atoms with E-state index >= 15 is 0 Å². The number of aromatic nitrogens is 1. The molecule has 0 saturated carbocycles. The van der Waals surface area contributed by atoms with Gasteiger partial charge in [0.1, 0.15) is 5.01 Å². The molecule has 0 bridgehead atoms. The van der Waals surface area contributed by atoms with Crippen LogP contribution in [0, 0.1) is 13.8 Å². The van der Waals surface area contributed by atoms with E-state index in [1.807, 2.05) is 44.2 Å². The predicted molar refractivity (Wildman–Crippen MR) is 113 cm³/mol. The molecule has 1 N–H and O–H groups in total. The molecule has 2 heterocycles. The smallest absolute Gasteiger partial charge is 0.238 e. The largest absolute Gasteiger partial charge is 0.323 e. The van der Waals surface area contributed by atoms with Gasteiger partial charge < -0.3 is 5.32 Å². The fraction of sp³-hybridized carbons (Fsp3) is 0.333. The second-order valence-corrected chi connectivity index (χ2v) is 8.60. The Labute approximate surface area is 168 Å². The Balaban J connectivity index is 1.49. The van der Waals surface area contributed by atoms with E-state index in [1.165, 1.54) is 4.70 Å². The Hall–Kier alpha value is -1.95. The summed E-state index contributed by atoms with van der Waals surface area (Å²) in [6.07, 6.45) is 2.12. The minimum absolute atomic E-state index is 0.0307. The first-order chi connectivity index (χ1) is 13.0. The molecule has 1 unspecified atom stereocenters. The Morgan fingerprint density at radius 2 is 2.15 bits per heavy atom. The predicted octanol–water partition coefficient (Wildman–Crippen LogP) is 5.34. The van der Waals surface area contributed by atoms with Crippen LogP contribution >= 0.6 is 22.9 Å². The van der Waals surface area contributed by atoms with Gasteiger partial charge in [0, 0.05) is 0 Å². The van der Waals surface area contributed by atoms with Gasteiger partial charge in [-0.05, 0) is 62.6 Å². The van der Waals surface area contributed by atoms with E-state index in [0.29, 0.717) is 17.3 Å². The topological polar surface area (TPSA) is 45.2 Å². The van der Waals surface area contributed by atoms with Crippen molar-refractivity contribution in [3.8, 4) is 0 Å². The van der Waals surface area contributed by atoms with Gasteiger partial charge in [-0.15, -0.1) is 11.3 Å². The number of likely N-dealkylation sites (tertiary alicyclic amines) is 1. The SMILES string of the molecule is Cc1cc(C)c(NC(=O)CN2CCCC2c2nc3ccccc3s2)c(Cl)c1. The van der Waals surface area contributed by atoms with Crippen LogP contribution < -0.4 is 5.32 Å². The second kappa shape index (κ2) is 7.58. The highest BCUT2D eigenvalue weighted by Gasteiger charge is 2.30. The molecule has 6 heteroatoms. The Bertz CT molecular complexity index is 944. The summed E-state index contributed by atoms with van der Waals surface area (Å²) in [5.41, 5.74) is 3.82. The third kappa shape index (κ3) is 3.86. The van der Waals surface area contributed by atoms with Crippen LogP contribution in [0.5, 0.6) is 0 Å². The van der Waals surface area contributed by atoms with Crippen molar-refractivity contribution in [3.63, 3.8) is 0 Å². The number of halogens is 1. The van der Waals surface area contributed by atoms with Gasteiger partial charge in [-0.25, -0.2) is 4.98 Å². The molecule has 4 rings (SSSR count). The third-order valence-corrected chi connectivity index (χ3v) is 6.44. The number of carbonyl (C=O) groups excluding carboxylic acids is 1. The molecule has 4 nitrogen and oxygen atoms in total. The van der Waals surface area contributed by atoms with Gasteiger partial charge in [0.2, 0.25) is 5.91 Å². The highest BCUT2D eigenvalue weighted by atomic mass is 35.5. The normalized spacial score (nSPS) is 17.5. The summed E-state index contributed by atoms with van der Waals surface area (Å²) < 4.78 is 1.20. The number of carbonyl (C=O) groups is 1. The summed E-state index contributed by atoms with van der Waals surface area (Å²) in [6, 6.07) is 12.3. The Kier molecular flexibility index (Phi) is 5.17. The van der Waals surface area contributed by atoms with Gasteiger partial charge in [-0.3, -0.25) is 9.69 Å². The van der Waals surface area contributed by atoms with Crippen LogP contribution in [0.3, 0.4) is 0 Å². The molecular formula is C21H22ClN3OS. The molecule has 1 atom stereocenters. The minimum Gasteiger partial charge on any atom is -0.323 e. The van der Waals surface area contributed by atoms with Crippen molar-refractivity contribution in [2.24, 2.45) is 0 Å². The molecule has 1 aliphatic heterocycles. The zero-order valence-corrected chi connectivity index (χ0v) is 17.0. The van der Waals surface area contributed by atoms with Crippen LogP contribution in [-0.2, 0) is 4.79 Å². The van der Waals surface area contributed by atoms with Crippen LogP contribution in [0.1, 0.15) is 35.0 Å². The summed E-state index contributed by atoms with van der Waals surface area (Å²) >= 11 is 8.06. The molecule has 0 spiro atoms. The van der Waals surface area contributed by atoms with Crippen molar-refractivity contribution < 1.29 is 4.79 Å². The first kappa shape index (κ1) is 18.4. The van der Waals surface area contributed by atoms with Crippen LogP contribution in [0.25, 0.3) is 10.2 Å². The Morgan fingerprint density at radius 3 is 2.93 bits per heavy atom. The van der Waals surface area contributed by atoms with Crippen molar-refractivity contribution in [3.05, 3.63) is 57.6 Å². The monoisotopic (exact) mass is 399 g/mol. The molecule has 1 aliphatic rings. The summed E-state index contributed by atoms with van der Waals surface area (Å²) in [5, 5.41) is 4.69. The van der Waals surface area contributed by atoms with Crippen molar-refractivity contribution in [1.82, 2.24) is 9.88 Å². The number of thiazole rings is 1. The van der Waals surface area contributed by atoms with Crippen molar-refractivity contribution >= 4 is 44.7 Å². The molecule has 2 aromatic carbocycles. The standard InChI is InChI=1S/C21H22ClN3OS/c1-13-10-14(2)20(15(22)11-13)24-19(26)12-25-9-5-7-17(25)21-23-16-6-3-4-8-18(16)27-21/h3-4,6,8,10-11,17H,5,7,9,12H2,1-2H3,(H,24,26). The molecule has 140 valence electrons. The van der Waals surface area contributed by atoms with E-state index in [-0.39, 0.29) is 11.9 Å². The molecule has 1 saturated heterocycles. The van der Waals surface area contributed by atoms with Gasteiger partial charge in [0.05, 0.1) is 33.5 Å². The van der Waals surface area contributed by atoms with Gasteiger partial charge in [-0.2, -0.15) is 0 Å². The summed E-state index contributed by atoms with van der Waals surface area (Å²) in [6.45, 7) is 5.23. The lowest BCUT2D eigenvalue weighted by atomic mass is 10.1. The average molecular weight is 400 g/mol. The van der Waals surface area contributed by atoms with E-state index in [1.54, 1.807) is 11.3 Å².